The van der Waals surface area contributed by atoms with Crippen LogP contribution in [0.4, 0.5) is 0 Å². The molecular formula is C20H18N4O2. The Hall–Kier alpha value is -3.41. The molecule has 3 heterocycles. The largest absolute Gasteiger partial charge is 0.497 e. The number of fused-ring (bicyclic) bond motifs is 1. The summed E-state index contributed by atoms with van der Waals surface area (Å²) >= 11 is 0. The van der Waals surface area contributed by atoms with Crippen LogP contribution in [0.3, 0.4) is 0 Å². The van der Waals surface area contributed by atoms with Crippen molar-refractivity contribution in [3.05, 3.63) is 71.1 Å². The first-order valence-electron chi connectivity index (χ1n) is 8.41. The molecule has 0 unspecified atom stereocenters. The van der Waals surface area contributed by atoms with Crippen LogP contribution in [0.25, 0.3) is 28.0 Å². The smallest absolute Gasteiger partial charge is 0.266 e. The molecule has 6 heteroatoms. The molecule has 0 amide bonds. The third-order valence-electron chi connectivity index (χ3n) is 4.31. The zero-order valence-electron chi connectivity index (χ0n) is 14.6. The Labute approximate surface area is 150 Å². The number of aromatic nitrogens is 4. The normalized spacial score (nSPS) is 11.0. The Morgan fingerprint density at radius 2 is 1.85 bits per heavy atom. The van der Waals surface area contributed by atoms with Gasteiger partial charge in [0.05, 0.1) is 23.9 Å². The Kier molecular flexibility index (Phi) is 4.01. The molecule has 4 rings (SSSR count). The third kappa shape index (κ3) is 2.65. The third-order valence-corrected chi connectivity index (χ3v) is 4.31. The lowest BCUT2D eigenvalue weighted by molar-refractivity contribution is 0.414. The van der Waals surface area contributed by atoms with Gasteiger partial charge >= 0.3 is 0 Å². The molecule has 0 bridgehead atoms. The zero-order chi connectivity index (χ0) is 18.1. The number of benzene rings is 1. The van der Waals surface area contributed by atoms with Crippen LogP contribution in [-0.2, 0) is 6.54 Å². The number of methoxy groups -OCH3 is 1. The highest BCUT2D eigenvalue weighted by Gasteiger charge is 2.18. The number of pyridine rings is 1. The quantitative estimate of drug-likeness (QED) is 0.569. The number of rotatable bonds is 4. The monoisotopic (exact) mass is 346 g/mol. The second-order valence-corrected chi connectivity index (χ2v) is 5.86. The minimum Gasteiger partial charge on any atom is -0.497 e. The van der Waals surface area contributed by atoms with Crippen molar-refractivity contribution in [2.75, 3.05) is 7.11 Å². The van der Waals surface area contributed by atoms with Crippen molar-refractivity contribution in [2.24, 2.45) is 0 Å². The molecule has 26 heavy (non-hydrogen) atoms. The molecule has 0 fully saturated rings. The number of hydrogen-bond donors (Lipinski definition) is 0. The lowest BCUT2D eigenvalue weighted by atomic mass is 10.0. The minimum atomic E-state index is -0.119. The van der Waals surface area contributed by atoms with Gasteiger partial charge in [-0.2, -0.15) is 10.2 Å². The fraction of sp³-hybridized carbons (Fsp3) is 0.150. The summed E-state index contributed by atoms with van der Waals surface area (Å²) in [5.74, 6) is 0.738. The molecule has 0 saturated heterocycles. The summed E-state index contributed by atoms with van der Waals surface area (Å²) < 4.78 is 8.64. The Bertz CT molecular complexity index is 1130. The van der Waals surface area contributed by atoms with E-state index in [1.165, 1.54) is 4.68 Å². The Balaban J connectivity index is 2.06. The van der Waals surface area contributed by atoms with Gasteiger partial charge in [0, 0.05) is 30.4 Å². The fourth-order valence-corrected chi connectivity index (χ4v) is 3.01. The molecule has 0 aliphatic rings. The molecule has 4 aromatic rings. The van der Waals surface area contributed by atoms with Gasteiger partial charge in [0.15, 0.2) is 0 Å². The van der Waals surface area contributed by atoms with Gasteiger partial charge in [-0.1, -0.05) is 30.3 Å². The predicted molar refractivity (Wildman–Crippen MR) is 100 cm³/mol. The van der Waals surface area contributed by atoms with Gasteiger partial charge in [0.25, 0.3) is 5.56 Å². The number of ether oxygens (including phenoxy) is 1. The molecule has 3 aromatic heterocycles. The van der Waals surface area contributed by atoms with Crippen LogP contribution >= 0.6 is 0 Å². The van der Waals surface area contributed by atoms with Crippen molar-refractivity contribution in [1.82, 2.24) is 19.4 Å². The maximum Gasteiger partial charge on any atom is 0.266 e. The van der Waals surface area contributed by atoms with E-state index < -0.39 is 0 Å². The summed E-state index contributed by atoms with van der Waals surface area (Å²) in [4.78, 5) is 12.0. The van der Waals surface area contributed by atoms with Crippen LogP contribution in [0.5, 0.6) is 5.75 Å². The summed E-state index contributed by atoms with van der Waals surface area (Å²) in [5.41, 5.74) is 4.13. The molecule has 0 spiro atoms. The van der Waals surface area contributed by atoms with Crippen molar-refractivity contribution in [1.29, 1.82) is 0 Å². The van der Waals surface area contributed by atoms with Gasteiger partial charge in [0.1, 0.15) is 11.4 Å². The topological polar surface area (TPSA) is 61.4 Å². The van der Waals surface area contributed by atoms with Crippen LogP contribution in [0, 0.1) is 0 Å². The van der Waals surface area contributed by atoms with E-state index in [4.69, 9.17) is 9.84 Å². The van der Waals surface area contributed by atoms with E-state index >= 15 is 0 Å². The zero-order valence-corrected chi connectivity index (χ0v) is 14.6. The van der Waals surface area contributed by atoms with Gasteiger partial charge < -0.3 is 4.74 Å². The first-order valence-corrected chi connectivity index (χ1v) is 8.41. The SMILES string of the molecule is CCn1nc(-c2c(-c3ccccc3)nn3ccc(OC)cc23)ccc1=O. The molecule has 0 N–H and O–H groups in total. The van der Waals surface area contributed by atoms with E-state index in [1.807, 2.05) is 60.1 Å². The highest BCUT2D eigenvalue weighted by atomic mass is 16.5. The van der Waals surface area contributed by atoms with E-state index in [9.17, 15) is 4.79 Å². The number of aryl methyl sites for hydroxylation is 1. The standard InChI is InChI=1S/C20H18N4O2/c1-3-23-18(25)10-9-16(21-23)19-17-13-15(26-2)11-12-24(17)22-20(19)14-7-5-4-6-8-14/h4-13H,3H2,1-2H3. The number of nitrogens with zero attached hydrogens (tertiary/aromatic N) is 4. The predicted octanol–water partition coefficient (Wildman–Crippen LogP) is 3.25. The highest BCUT2D eigenvalue weighted by Crippen LogP contribution is 2.34. The van der Waals surface area contributed by atoms with E-state index in [-0.39, 0.29) is 5.56 Å². The molecule has 0 atom stereocenters. The van der Waals surface area contributed by atoms with Crippen LogP contribution in [0.15, 0.2) is 65.6 Å². The Morgan fingerprint density at radius 3 is 2.58 bits per heavy atom. The first kappa shape index (κ1) is 16.1. The van der Waals surface area contributed by atoms with Crippen LogP contribution in [-0.4, -0.2) is 26.5 Å². The molecule has 0 saturated carbocycles. The molecule has 1 aromatic carbocycles. The van der Waals surface area contributed by atoms with Gasteiger partial charge in [-0.3, -0.25) is 4.79 Å². The molecular weight excluding hydrogens is 328 g/mol. The summed E-state index contributed by atoms with van der Waals surface area (Å²) in [6.45, 7) is 2.41. The molecule has 0 aliphatic heterocycles. The molecule has 0 radical (unpaired) electrons. The van der Waals surface area contributed by atoms with Crippen LogP contribution in [0.2, 0.25) is 0 Å². The van der Waals surface area contributed by atoms with Gasteiger partial charge in [0.2, 0.25) is 0 Å². The summed E-state index contributed by atoms with van der Waals surface area (Å²) in [6.07, 6.45) is 1.86. The molecule has 130 valence electrons. The average Bonchev–Trinajstić information content (AvgIpc) is 3.07. The lowest BCUT2D eigenvalue weighted by Gasteiger charge is -2.06. The fourth-order valence-electron chi connectivity index (χ4n) is 3.01. The second-order valence-electron chi connectivity index (χ2n) is 5.86. The molecule has 6 nitrogen and oxygen atoms in total. The summed E-state index contributed by atoms with van der Waals surface area (Å²) in [5, 5.41) is 9.28. The van der Waals surface area contributed by atoms with E-state index in [1.54, 1.807) is 19.2 Å². The van der Waals surface area contributed by atoms with Gasteiger partial charge in [-0.05, 0) is 19.1 Å². The van der Waals surface area contributed by atoms with Crippen molar-refractivity contribution in [3.63, 3.8) is 0 Å². The lowest BCUT2D eigenvalue weighted by Crippen LogP contribution is -2.21. The van der Waals surface area contributed by atoms with Gasteiger partial charge in [-0.25, -0.2) is 9.20 Å². The minimum absolute atomic E-state index is 0.119. The molecule has 0 aliphatic carbocycles. The maximum absolute atomic E-state index is 12.0. The number of hydrogen-bond acceptors (Lipinski definition) is 4. The van der Waals surface area contributed by atoms with E-state index in [0.29, 0.717) is 12.2 Å². The Morgan fingerprint density at radius 1 is 1.04 bits per heavy atom. The van der Waals surface area contributed by atoms with E-state index in [2.05, 4.69) is 5.10 Å². The average molecular weight is 346 g/mol. The summed E-state index contributed by atoms with van der Waals surface area (Å²) in [7, 11) is 1.63. The van der Waals surface area contributed by atoms with Gasteiger partial charge in [-0.15, -0.1) is 0 Å². The van der Waals surface area contributed by atoms with Crippen molar-refractivity contribution in [3.8, 4) is 28.3 Å². The van der Waals surface area contributed by atoms with Crippen molar-refractivity contribution >= 4 is 5.52 Å². The second kappa shape index (κ2) is 6.48. The van der Waals surface area contributed by atoms with Crippen molar-refractivity contribution in [2.45, 2.75) is 13.5 Å². The van der Waals surface area contributed by atoms with Crippen LogP contribution in [0.1, 0.15) is 6.92 Å². The van der Waals surface area contributed by atoms with E-state index in [0.717, 1.165) is 28.1 Å². The highest BCUT2D eigenvalue weighted by molar-refractivity contribution is 5.91. The maximum atomic E-state index is 12.0. The summed E-state index contributed by atoms with van der Waals surface area (Å²) in [6, 6.07) is 17.0. The first-order chi connectivity index (χ1) is 12.7. The van der Waals surface area contributed by atoms with Crippen LogP contribution < -0.4 is 10.3 Å². The van der Waals surface area contributed by atoms with Crippen molar-refractivity contribution < 1.29 is 4.74 Å².